The van der Waals surface area contributed by atoms with E-state index < -0.39 is 0 Å². The van der Waals surface area contributed by atoms with Crippen molar-refractivity contribution < 1.29 is 5.11 Å². The van der Waals surface area contributed by atoms with Crippen LogP contribution in [0.25, 0.3) is 0 Å². The summed E-state index contributed by atoms with van der Waals surface area (Å²) in [7, 11) is 0. The van der Waals surface area contributed by atoms with Gasteiger partial charge in [-0.1, -0.05) is 32.9 Å². The van der Waals surface area contributed by atoms with E-state index in [4.69, 9.17) is 5.11 Å². The van der Waals surface area contributed by atoms with E-state index in [1.54, 1.807) is 0 Å². The van der Waals surface area contributed by atoms with E-state index >= 15 is 0 Å². The molecule has 0 spiro atoms. The summed E-state index contributed by atoms with van der Waals surface area (Å²) >= 11 is 1.94. The van der Waals surface area contributed by atoms with Crippen LogP contribution in [0.15, 0.2) is 24.3 Å². The highest BCUT2D eigenvalue weighted by atomic mass is 32.2. The van der Waals surface area contributed by atoms with Gasteiger partial charge in [0, 0.05) is 22.7 Å². The molecular formula is C13H21NOS. The van der Waals surface area contributed by atoms with Gasteiger partial charge >= 0.3 is 0 Å². The second-order valence-corrected chi connectivity index (χ2v) is 6.55. The van der Waals surface area contributed by atoms with Crippen molar-refractivity contribution in [2.24, 2.45) is 0 Å². The van der Waals surface area contributed by atoms with Crippen molar-refractivity contribution in [3.63, 3.8) is 0 Å². The number of anilines is 1. The molecule has 0 amide bonds. The van der Waals surface area contributed by atoms with Crippen molar-refractivity contribution in [2.45, 2.75) is 31.3 Å². The van der Waals surface area contributed by atoms with Gasteiger partial charge in [-0.3, -0.25) is 0 Å². The van der Waals surface area contributed by atoms with E-state index in [0.29, 0.717) is 11.3 Å². The molecule has 0 heterocycles. The number of rotatable bonds is 5. The Balaban J connectivity index is 2.53. The number of nitrogens with one attached hydrogen (secondary N) is 1. The smallest absolute Gasteiger partial charge is 0.0604 e. The van der Waals surface area contributed by atoms with Crippen LogP contribution in [-0.2, 0) is 5.75 Å². The molecule has 1 aromatic carbocycles. The van der Waals surface area contributed by atoms with Crippen molar-refractivity contribution in [1.82, 2.24) is 0 Å². The monoisotopic (exact) mass is 239 g/mol. The lowest BCUT2D eigenvalue weighted by atomic mass is 10.2. The zero-order valence-electron chi connectivity index (χ0n) is 10.3. The van der Waals surface area contributed by atoms with Gasteiger partial charge in [-0.05, 0) is 17.7 Å². The minimum Gasteiger partial charge on any atom is -0.395 e. The molecule has 2 nitrogen and oxygen atoms in total. The Morgan fingerprint density at radius 2 is 2.06 bits per heavy atom. The predicted octanol–water partition coefficient (Wildman–Crippen LogP) is 3.12. The predicted molar refractivity (Wildman–Crippen MR) is 73.1 cm³/mol. The Morgan fingerprint density at radius 3 is 2.69 bits per heavy atom. The maximum absolute atomic E-state index is 8.74. The van der Waals surface area contributed by atoms with Crippen LogP contribution in [0.3, 0.4) is 0 Å². The second-order valence-electron chi connectivity index (χ2n) is 4.75. The highest BCUT2D eigenvalue weighted by Gasteiger charge is 2.10. The highest BCUT2D eigenvalue weighted by Crippen LogP contribution is 2.27. The molecule has 0 aliphatic rings. The lowest BCUT2D eigenvalue weighted by Crippen LogP contribution is -2.08. The lowest BCUT2D eigenvalue weighted by Gasteiger charge is -2.17. The summed E-state index contributed by atoms with van der Waals surface area (Å²) in [4.78, 5) is 0. The van der Waals surface area contributed by atoms with Gasteiger partial charge in [-0.15, -0.1) is 0 Å². The van der Waals surface area contributed by atoms with E-state index in [1.165, 1.54) is 5.56 Å². The molecule has 1 rings (SSSR count). The Hall–Kier alpha value is -0.670. The van der Waals surface area contributed by atoms with Crippen LogP contribution in [0, 0.1) is 0 Å². The molecule has 0 aliphatic heterocycles. The van der Waals surface area contributed by atoms with Crippen molar-refractivity contribution in [3.05, 3.63) is 29.8 Å². The average molecular weight is 239 g/mol. The van der Waals surface area contributed by atoms with Crippen LogP contribution in [-0.4, -0.2) is 23.0 Å². The van der Waals surface area contributed by atoms with Crippen LogP contribution in [0.2, 0.25) is 0 Å². The number of hydrogen-bond donors (Lipinski definition) is 2. The summed E-state index contributed by atoms with van der Waals surface area (Å²) in [6.07, 6.45) is 0. The van der Waals surface area contributed by atoms with Crippen LogP contribution in [0.4, 0.5) is 5.69 Å². The molecule has 0 saturated heterocycles. The molecule has 0 saturated carbocycles. The Morgan fingerprint density at radius 1 is 1.31 bits per heavy atom. The lowest BCUT2D eigenvalue weighted by molar-refractivity contribution is 0.311. The van der Waals surface area contributed by atoms with E-state index in [0.717, 1.165) is 11.4 Å². The number of aliphatic hydroxyl groups is 1. The minimum atomic E-state index is 0.168. The largest absolute Gasteiger partial charge is 0.395 e. The molecule has 0 radical (unpaired) electrons. The van der Waals surface area contributed by atoms with Gasteiger partial charge in [0.2, 0.25) is 0 Å². The first-order valence-corrected chi connectivity index (χ1v) is 6.57. The first-order chi connectivity index (χ1) is 7.51. The molecule has 90 valence electrons. The minimum absolute atomic E-state index is 0.168. The van der Waals surface area contributed by atoms with Crippen LogP contribution in [0.5, 0.6) is 0 Å². The third-order valence-electron chi connectivity index (χ3n) is 2.04. The van der Waals surface area contributed by atoms with Crippen LogP contribution < -0.4 is 5.32 Å². The summed E-state index contributed by atoms with van der Waals surface area (Å²) in [6, 6.07) is 8.37. The summed E-state index contributed by atoms with van der Waals surface area (Å²) in [5.41, 5.74) is 2.41. The van der Waals surface area contributed by atoms with E-state index in [9.17, 15) is 0 Å². The molecule has 2 N–H and O–H groups in total. The number of thioether (sulfide) groups is 1. The first-order valence-electron chi connectivity index (χ1n) is 5.59. The number of aliphatic hydroxyl groups excluding tert-OH is 1. The van der Waals surface area contributed by atoms with Gasteiger partial charge in [0.05, 0.1) is 6.61 Å². The van der Waals surface area contributed by atoms with Gasteiger partial charge in [-0.2, -0.15) is 11.8 Å². The zero-order chi connectivity index (χ0) is 12.0. The van der Waals surface area contributed by atoms with E-state index in [2.05, 4.69) is 44.3 Å². The zero-order valence-corrected chi connectivity index (χ0v) is 11.1. The summed E-state index contributed by atoms with van der Waals surface area (Å²) < 4.78 is 0.300. The molecule has 16 heavy (non-hydrogen) atoms. The molecular weight excluding hydrogens is 218 g/mol. The fraction of sp³-hybridized carbons (Fsp3) is 0.538. The van der Waals surface area contributed by atoms with Gasteiger partial charge in [0.1, 0.15) is 0 Å². The van der Waals surface area contributed by atoms with Crippen LogP contribution in [0.1, 0.15) is 26.3 Å². The Bertz CT molecular complexity index is 320. The van der Waals surface area contributed by atoms with Crippen LogP contribution >= 0.6 is 11.8 Å². The molecule has 3 heteroatoms. The third kappa shape index (κ3) is 5.42. The van der Waals surface area contributed by atoms with Gasteiger partial charge in [0.25, 0.3) is 0 Å². The maximum Gasteiger partial charge on any atom is 0.0604 e. The van der Waals surface area contributed by atoms with E-state index in [-0.39, 0.29) is 6.61 Å². The van der Waals surface area contributed by atoms with Crippen molar-refractivity contribution in [2.75, 3.05) is 18.5 Å². The normalized spacial score (nSPS) is 11.5. The molecule has 0 unspecified atom stereocenters. The fourth-order valence-corrected chi connectivity index (χ4v) is 2.05. The Labute approximate surface area is 102 Å². The van der Waals surface area contributed by atoms with Crippen molar-refractivity contribution >= 4 is 17.4 Å². The topological polar surface area (TPSA) is 32.3 Å². The molecule has 0 atom stereocenters. The molecule has 0 bridgehead atoms. The Kier molecular flexibility index (Phi) is 5.16. The molecule has 1 aromatic rings. The highest BCUT2D eigenvalue weighted by molar-refractivity contribution is 7.99. The first kappa shape index (κ1) is 13.4. The third-order valence-corrected chi connectivity index (χ3v) is 3.38. The molecule has 0 aromatic heterocycles. The fourth-order valence-electron chi connectivity index (χ4n) is 1.27. The van der Waals surface area contributed by atoms with Gasteiger partial charge in [0.15, 0.2) is 0 Å². The summed E-state index contributed by atoms with van der Waals surface area (Å²) in [5, 5.41) is 11.9. The standard InChI is InChI=1S/C13H21NOS/c1-13(2,3)16-10-11-5-4-6-12(9-11)14-7-8-15/h4-6,9,14-15H,7-8,10H2,1-3H3. The molecule has 0 fully saturated rings. The summed E-state index contributed by atoms with van der Waals surface area (Å²) in [5.74, 6) is 1.03. The van der Waals surface area contributed by atoms with Crippen molar-refractivity contribution in [1.29, 1.82) is 0 Å². The van der Waals surface area contributed by atoms with E-state index in [1.807, 2.05) is 17.8 Å². The molecule has 0 aliphatic carbocycles. The maximum atomic E-state index is 8.74. The number of hydrogen-bond acceptors (Lipinski definition) is 3. The average Bonchev–Trinajstić information content (AvgIpc) is 2.23. The summed E-state index contributed by atoms with van der Waals surface area (Å²) in [6.45, 7) is 7.46. The second kappa shape index (κ2) is 6.16. The van der Waals surface area contributed by atoms with Gasteiger partial charge in [-0.25, -0.2) is 0 Å². The van der Waals surface area contributed by atoms with Gasteiger partial charge < -0.3 is 10.4 Å². The number of benzene rings is 1. The SMILES string of the molecule is CC(C)(C)SCc1cccc(NCCO)c1. The van der Waals surface area contributed by atoms with Crippen molar-refractivity contribution in [3.8, 4) is 0 Å². The quantitative estimate of drug-likeness (QED) is 0.828.